The van der Waals surface area contributed by atoms with Crippen molar-refractivity contribution < 1.29 is 0 Å². The zero-order valence-electron chi connectivity index (χ0n) is 7.13. The van der Waals surface area contributed by atoms with Gasteiger partial charge in [0, 0.05) is 13.3 Å². The quantitative estimate of drug-likeness (QED) is 0.502. The highest BCUT2D eigenvalue weighted by Crippen LogP contribution is 2.09. The third kappa shape index (κ3) is 1.64. The van der Waals surface area contributed by atoms with Crippen molar-refractivity contribution in [2.45, 2.75) is 13.8 Å². The van der Waals surface area contributed by atoms with Gasteiger partial charge in [-0.05, 0) is 25.5 Å². The third-order valence-corrected chi connectivity index (χ3v) is 1.55. The maximum atomic E-state index is 4.22. The maximum absolute atomic E-state index is 4.22. The first kappa shape index (κ1) is 7.92. The number of aliphatic imine (C=N–C) groups is 2. The second-order valence-corrected chi connectivity index (χ2v) is 2.43. The van der Waals surface area contributed by atoms with E-state index in [9.17, 15) is 0 Å². The van der Waals surface area contributed by atoms with Crippen LogP contribution in [-0.4, -0.2) is 19.0 Å². The van der Waals surface area contributed by atoms with Crippen LogP contribution < -0.4 is 0 Å². The summed E-state index contributed by atoms with van der Waals surface area (Å²) in [6.07, 6.45) is 5.84. The van der Waals surface area contributed by atoms with Crippen molar-refractivity contribution in [2.75, 3.05) is 7.05 Å². The summed E-state index contributed by atoms with van der Waals surface area (Å²) in [4.78, 5) is 8.33. The summed E-state index contributed by atoms with van der Waals surface area (Å²) in [5.74, 6) is 0. The predicted octanol–water partition coefficient (Wildman–Crippen LogP) is 1.99. The second-order valence-electron chi connectivity index (χ2n) is 2.43. The summed E-state index contributed by atoms with van der Waals surface area (Å²) in [5.41, 5.74) is 3.07. The molecule has 0 N–H and O–H groups in total. The molecule has 58 valence electrons. The molecule has 0 unspecified atom stereocenters. The first-order valence-corrected chi connectivity index (χ1v) is 3.63. The number of rotatable bonds is 0. The molecule has 0 aromatic heterocycles. The number of hydrogen-bond donors (Lipinski definition) is 0. The minimum atomic E-state index is 0.957. The van der Waals surface area contributed by atoms with Crippen molar-refractivity contribution >= 4 is 11.9 Å². The van der Waals surface area contributed by atoms with Crippen LogP contribution in [0.15, 0.2) is 33.4 Å². The van der Waals surface area contributed by atoms with Gasteiger partial charge in [0.1, 0.15) is 0 Å². The Labute approximate surface area is 67.1 Å². The van der Waals surface area contributed by atoms with Gasteiger partial charge in [-0.15, -0.1) is 0 Å². The smallest absolute Gasteiger partial charge is 0.0839 e. The molecule has 2 heteroatoms. The van der Waals surface area contributed by atoms with Crippen molar-refractivity contribution in [3.05, 3.63) is 23.4 Å². The van der Waals surface area contributed by atoms with E-state index in [0.717, 1.165) is 17.0 Å². The lowest BCUT2D eigenvalue weighted by molar-refractivity contribution is 1.34. The molecule has 1 aliphatic heterocycles. The van der Waals surface area contributed by atoms with Crippen LogP contribution in [0.1, 0.15) is 13.8 Å². The zero-order valence-corrected chi connectivity index (χ0v) is 7.13. The van der Waals surface area contributed by atoms with E-state index in [1.54, 1.807) is 7.05 Å². The van der Waals surface area contributed by atoms with Crippen LogP contribution in [0.3, 0.4) is 0 Å². The first-order chi connectivity index (χ1) is 5.27. The van der Waals surface area contributed by atoms with Gasteiger partial charge in [0.2, 0.25) is 0 Å². The van der Waals surface area contributed by atoms with E-state index in [4.69, 9.17) is 0 Å². The average molecular weight is 148 g/mol. The molecule has 1 rings (SSSR count). The highest BCUT2D eigenvalue weighted by atomic mass is 14.8. The van der Waals surface area contributed by atoms with E-state index in [0.29, 0.717) is 0 Å². The lowest BCUT2D eigenvalue weighted by Crippen LogP contribution is -2.03. The fraction of sp³-hybridized carbons (Fsp3) is 0.333. The van der Waals surface area contributed by atoms with Crippen LogP contribution in [0, 0.1) is 0 Å². The monoisotopic (exact) mass is 148 g/mol. The number of nitrogens with zero attached hydrogens (tertiary/aromatic N) is 2. The molecular formula is C9H12N2. The molecule has 0 bridgehead atoms. The molecule has 0 aromatic carbocycles. The molecule has 0 amide bonds. The van der Waals surface area contributed by atoms with Gasteiger partial charge in [-0.25, -0.2) is 0 Å². The fourth-order valence-electron chi connectivity index (χ4n) is 0.966. The van der Waals surface area contributed by atoms with E-state index in [-0.39, 0.29) is 0 Å². The van der Waals surface area contributed by atoms with E-state index in [2.05, 4.69) is 9.98 Å². The van der Waals surface area contributed by atoms with Crippen molar-refractivity contribution in [2.24, 2.45) is 9.98 Å². The van der Waals surface area contributed by atoms with Crippen LogP contribution in [-0.2, 0) is 0 Å². The topological polar surface area (TPSA) is 24.7 Å². The first-order valence-electron chi connectivity index (χ1n) is 3.63. The molecule has 0 spiro atoms. The number of dihydropyridines is 1. The number of allylic oxidation sites excluding steroid dienone is 3. The SMILES string of the molecule is C/C=C1/N=CC(C)=CC1=NC. The largest absolute Gasteiger partial charge is 0.286 e. The fourth-order valence-corrected chi connectivity index (χ4v) is 0.966. The van der Waals surface area contributed by atoms with Gasteiger partial charge < -0.3 is 0 Å². The Morgan fingerprint density at radius 1 is 1.55 bits per heavy atom. The summed E-state index contributed by atoms with van der Waals surface area (Å²) >= 11 is 0. The summed E-state index contributed by atoms with van der Waals surface area (Å²) in [6.45, 7) is 3.98. The van der Waals surface area contributed by atoms with Crippen LogP contribution in [0.4, 0.5) is 0 Å². The molecule has 0 aromatic rings. The maximum Gasteiger partial charge on any atom is 0.0839 e. The van der Waals surface area contributed by atoms with Crippen molar-refractivity contribution in [1.29, 1.82) is 0 Å². The molecule has 1 heterocycles. The summed E-state index contributed by atoms with van der Waals surface area (Å²) < 4.78 is 0. The zero-order chi connectivity index (χ0) is 8.27. The highest BCUT2D eigenvalue weighted by Gasteiger charge is 2.04. The lowest BCUT2D eigenvalue weighted by Gasteiger charge is -2.06. The Balaban J connectivity index is 3.03. The number of hydrogen-bond acceptors (Lipinski definition) is 2. The van der Waals surface area contributed by atoms with Gasteiger partial charge in [-0.3, -0.25) is 9.98 Å². The van der Waals surface area contributed by atoms with Crippen molar-refractivity contribution in [3.63, 3.8) is 0 Å². The molecule has 0 aliphatic carbocycles. The Morgan fingerprint density at radius 3 is 2.82 bits per heavy atom. The molecule has 0 atom stereocenters. The Bertz CT molecular complexity index is 267. The van der Waals surface area contributed by atoms with Gasteiger partial charge in [0.15, 0.2) is 0 Å². The van der Waals surface area contributed by atoms with Gasteiger partial charge in [0.05, 0.1) is 11.4 Å². The standard InChI is InChI=1S/C9H12N2/c1-4-8-9(10-3)5-7(2)6-11-8/h4-6H,1-3H3/b8-4+,10-9?. The Morgan fingerprint density at radius 2 is 2.27 bits per heavy atom. The summed E-state index contributed by atoms with van der Waals surface area (Å²) in [6, 6.07) is 0. The highest BCUT2D eigenvalue weighted by molar-refractivity contribution is 6.13. The molecule has 0 fully saturated rings. The van der Waals surface area contributed by atoms with Gasteiger partial charge >= 0.3 is 0 Å². The molecule has 0 saturated carbocycles. The Kier molecular flexibility index (Phi) is 2.36. The molecule has 11 heavy (non-hydrogen) atoms. The van der Waals surface area contributed by atoms with E-state index >= 15 is 0 Å². The molecule has 2 nitrogen and oxygen atoms in total. The van der Waals surface area contributed by atoms with Gasteiger partial charge in [0.25, 0.3) is 0 Å². The van der Waals surface area contributed by atoms with Crippen molar-refractivity contribution in [1.82, 2.24) is 0 Å². The normalized spacial score (nSPS) is 24.5. The average Bonchev–Trinajstić information content (AvgIpc) is 2.04. The lowest BCUT2D eigenvalue weighted by atomic mass is 10.1. The van der Waals surface area contributed by atoms with Crippen molar-refractivity contribution in [3.8, 4) is 0 Å². The van der Waals surface area contributed by atoms with E-state index in [1.165, 1.54) is 0 Å². The van der Waals surface area contributed by atoms with Crippen LogP contribution in [0.25, 0.3) is 0 Å². The minimum Gasteiger partial charge on any atom is -0.286 e. The third-order valence-electron chi connectivity index (χ3n) is 1.55. The summed E-state index contributed by atoms with van der Waals surface area (Å²) in [5, 5.41) is 0. The molecule has 0 radical (unpaired) electrons. The Hall–Kier alpha value is -1.18. The van der Waals surface area contributed by atoms with E-state index in [1.807, 2.05) is 32.2 Å². The van der Waals surface area contributed by atoms with E-state index < -0.39 is 0 Å². The van der Waals surface area contributed by atoms with Gasteiger partial charge in [-0.2, -0.15) is 0 Å². The minimum absolute atomic E-state index is 0.957. The molecule has 0 saturated heterocycles. The van der Waals surface area contributed by atoms with Crippen LogP contribution in [0.5, 0.6) is 0 Å². The second kappa shape index (κ2) is 3.28. The molecular weight excluding hydrogens is 136 g/mol. The van der Waals surface area contributed by atoms with Crippen LogP contribution >= 0.6 is 0 Å². The summed E-state index contributed by atoms with van der Waals surface area (Å²) in [7, 11) is 1.78. The van der Waals surface area contributed by atoms with Crippen LogP contribution in [0.2, 0.25) is 0 Å². The van der Waals surface area contributed by atoms with Gasteiger partial charge in [-0.1, -0.05) is 6.08 Å². The predicted molar refractivity (Wildman–Crippen MR) is 49.4 cm³/mol. The molecule has 1 aliphatic rings.